The van der Waals surface area contributed by atoms with Crippen molar-refractivity contribution in [2.75, 3.05) is 26.2 Å². The van der Waals surface area contributed by atoms with Crippen molar-refractivity contribution in [3.8, 4) is 0 Å². The molecule has 1 saturated heterocycles. The molecular formula is C21H26N2O2S. The molecule has 2 saturated carbocycles. The molecule has 0 amide bonds. The molecule has 2 aromatic carbocycles. The van der Waals surface area contributed by atoms with Gasteiger partial charge in [0.1, 0.15) is 0 Å². The first kappa shape index (κ1) is 16.7. The van der Waals surface area contributed by atoms with Crippen molar-refractivity contribution in [3.05, 3.63) is 42.5 Å². The maximum atomic E-state index is 13.1. The number of nitrogens with zero attached hydrogens (tertiary/aromatic N) is 2. The number of piperazine rings is 1. The molecule has 26 heavy (non-hydrogen) atoms. The van der Waals surface area contributed by atoms with Crippen LogP contribution in [-0.4, -0.2) is 49.8 Å². The van der Waals surface area contributed by atoms with Crippen LogP contribution >= 0.6 is 0 Å². The van der Waals surface area contributed by atoms with Crippen LogP contribution in [0, 0.1) is 11.8 Å². The Bertz CT molecular complexity index is 919. The largest absolute Gasteiger partial charge is 0.297 e. The van der Waals surface area contributed by atoms with Gasteiger partial charge in [0, 0.05) is 32.2 Å². The molecule has 0 N–H and O–H groups in total. The van der Waals surface area contributed by atoms with Crippen LogP contribution in [0.5, 0.6) is 0 Å². The standard InChI is InChI=1S/C21H26N2O2S/c24-26(25,20-8-7-17-3-1-2-4-18(17)15-20)23-11-9-22(10-12-23)21-14-16-5-6-19(21)13-16/h1-4,7-8,15-16,19,21H,5-6,9-14H2/t16-,19+,21-/m1/s1. The van der Waals surface area contributed by atoms with Gasteiger partial charge in [-0.2, -0.15) is 4.31 Å². The Labute approximate surface area is 155 Å². The smallest absolute Gasteiger partial charge is 0.243 e. The van der Waals surface area contributed by atoms with Gasteiger partial charge in [0.25, 0.3) is 0 Å². The van der Waals surface area contributed by atoms with E-state index in [-0.39, 0.29) is 0 Å². The van der Waals surface area contributed by atoms with Crippen molar-refractivity contribution in [1.82, 2.24) is 9.21 Å². The number of fused-ring (bicyclic) bond motifs is 3. The van der Waals surface area contributed by atoms with E-state index >= 15 is 0 Å². The molecule has 4 nitrogen and oxygen atoms in total. The summed E-state index contributed by atoms with van der Waals surface area (Å²) in [6.45, 7) is 2.98. The number of benzene rings is 2. The minimum Gasteiger partial charge on any atom is -0.297 e. The summed E-state index contributed by atoms with van der Waals surface area (Å²) >= 11 is 0. The Morgan fingerprint density at radius 2 is 1.62 bits per heavy atom. The number of sulfonamides is 1. The molecule has 2 aromatic rings. The average molecular weight is 371 g/mol. The summed E-state index contributed by atoms with van der Waals surface area (Å²) in [6, 6.07) is 14.1. The van der Waals surface area contributed by atoms with Gasteiger partial charge in [-0.25, -0.2) is 8.42 Å². The summed E-state index contributed by atoms with van der Waals surface area (Å²) in [4.78, 5) is 2.99. The summed E-state index contributed by atoms with van der Waals surface area (Å²) in [5.74, 6) is 1.80. The van der Waals surface area contributed by atoms with E-state index in [9.17, 15) is 8.42 Å². The molecular weight excluding hydrogens is 344 g/mol. The molecule has 138 valence electrons. The molecule has 5 heteroatoms. The van der Waals surface area contributed by atoms with Crippen molar-refractivity contribution in [1.29, 1.82) is 0 Å². The molecule has 3 fully saturated rings. The molecule has 0 unspecified atom stereocenters. The Morgan fingerprint density at radius 1 is 0.846 bits per heavy atom. The van der Waals surface area contributed by atoms with Crippen LogP contribution in [0.15, 0.2) is 47.4 Å². The monoisotopic (exact) mass is 370 g/mol. The number of rotatable bonds is 3. The Kier molecular flexibility index (Phi) is 4.07. The fourth-order valence-corrected chi connectivity index (χ4v) is 6.87. The number of hydrogen-bond acceptors (Lipinski definition) is 3. The summed E-state index contributed by atoms with van der Waals surface area (Å²) in [5.41, 5.74) is 0. The van der Waals surface area contributed by atoms with Gasteiger partial charge in [-0.05, 0) is 54.0 Å². The SMILES string of the molecule is O=S(=O)(c1ccc2ccccc2c1)N1CCN([C@@H]2C[C@@H]3CC[C@H]2C3)CC1. The van der Waals surface area contributed by atoms with Gasteiger partial charge in [0.2, 0.25) is 10.0 Å². The molecule has 5 rings (SSSR count). The van der Waals surface area contributed by atoms with Gasteiger partial charge in [-0.3, -0.25) is 4.90 Å². The molecule has 0 radical (unpaired) electrons. The van der Waals surface area contributed by atoms with Gasteiger partial charge in [0.05, 0.1) is 4.90 Å². The molecule has 2 bridgehead atoms. The number of hydrogen-bond donors (Lipinski definition) is 0. The Hall–Kier alpha value is -1.43. The lowest BCUT2D eigenvalue weighted by atomic mass is 9.93. The third kappa shape index (κ3) is 2.77. The van der Waals surface area contributed by atoms with Crippen molar-refractivity contribution < 1.29 is 8.42 Å². The highest BCUT2D eigenvalue weighted by atomic mass is 32.2. The van der Waals surface area contributed by atoms with Gasteiger partial charge in [-0.1, -0.05) is 36.8 Å². The van der Waals surface area contributed by atoms with Crippen LogP contribution in [0.2, 0.25) is 0 Å². The van der Waals surface area contributed by atoms with Crippen molar-refractivity contribution >= 4 is 20.8 Å². The summed E-state index contributed by atoms with van der Waals surface area (Å²) in [6.07, 6.45) is 5.53. The molecule has 1 heterocycles. The average Bonchev–Trinajstić information content (AvgIpc) is 3.31. The summed E-state index contributed by atoms with van der Waals surface area (Å²) in [7, 11) is -3.40. The Balaban J connectivity index is 1.31. The minimum atomic E-state index is -3.40. The van der Waals surface area contributed by atoms with E-state index in [1.165, 1.54) is 25.7 Å². The molecule has 0 spiro atoms. The van der Waals surface area contributed by atoms with E-state index in [4.69, 9.17) is 0 Å². The predicted molar refractivity (Wildman–Crippen MR) is 104 cm³/mol. The molecule has 3 atom stereocenters. The second kappa shape index (κ2) is 6.32. The highest BCUT2D eigenvalue weighted by Gasteiger charge is 2.43. The lowest BCUT2D eigenvalue weighted by Gasteiger charge is -2.40. The fraction of sp³-hybridized carbons (Fsp3) is 0.524. The first-order chi connectivity index (χ1) is 12.6. The molecule has 1 aliphatic heterocycles. The predicted octanol–water partition coefficient (Wildman–Crippen LogP) is 3.33. The van der Waals surface area contributed by atoms with Crippen LogP contribution in [-0.2, 0) is 10.0 Å². The highest BCUT2D eigenvalue weighted by Crippen LogP contribution is 2.46. The lowest BCUT2D eigenvalue weighted by Crippen LogP contribution is -2.53. The van der Waals surface area contributed by atoms with Crippen molar-refractivity contribution in [2.45, 2.75) is 36.6 Å². The van der Waals surface area contributed by atoms with Gasteiger partial charge in [0.15, 0.2) is 0 Å². The summed E-state index contributed by atoms with van der Waals surface area (Å²) in [5, 5.41) is 2.06. The first-order valence-corrected chi connectivity index (χ1v) is 11.3. The lowest BCUT2D eigenvalue weighted by molar-refractivity contribution is 0.101. The van der Waals surface area contributed by atoms with Gasteiger partial charge in [-0.15, -0.1) is 0 Å². The summed E-state index contributed by atoms with van der Waals surface area (Å²) < 4.78 is 27.9. The molecule has 2 aliphatic carbocycles. The van der Waals surface area contributed by atoms with E-state index in [0.29, 0.717) is 24.0 Å². The van der Waals surface area contributed by atoms with E-state index < -0.39 is 10.0 Å². The zero-order chi connectivity index (χ0) is 17.7. The van der Waals surface area contributed by atoms with Crippen LogP contribution in [0.4, 0.5) is 0 Å². The maximum Gasteiger partial charge on any atom is 0.243 e. The zero-order valence-corrected chi connectivity index (χ0v) is 15.9. The third-order valence-electron chi connectivity index (χ3n) is 6.80. The van der Waals surface area contributed by atoms with E-state index in [1.54, 1.807) is 10.4 Å². The van der Waals surface area contributed by atoms with Crippen molar-refractivity contribution in [3.63, 3.8) is 0 Å². The minimum absolute atomic E-state index is 0.421. The second-order valence-corrected chi connectivity index (χ2v) is 10.1. The van der Waals surface area contributed by atoms with Crippen molar-refractivity contribution in [2.24, 2.45) is 11.8 Å². The third-order valence-corrected chi connectivity index (χ3v) is 8.70. The van der Waals surface area contributed by atoms with Crippen LogP contribution in [0.3, 0.4) is 0 Å². The topological polar surface area (TPSA) is 40.6 Å². The van der Waals surface area contributed by atoms with Crippen LogP contribution < -0.4 is 0 Å². The first-order valence-electron chi connectivity index (χ1n) is 9.84. The van der Waals surface area contributed by atoms with Crippen LogP contribution in [0.25, 0.3) is 10.8 Å². The normalized spacial score (nSPS) is 30.2. The van der Waals surface area contributed by atoms with Gasteiger partial charge < -0.3 is 0 Å². The highest BCUT2D eigenvalue weighted by molar-refractivity contribution is 7.89. The van der Waals surface area contributed by atoms with E-state index in [0.717, 1.165) is 35.7 Å². The Morgan fingerprint density at radius 3 is 2.31 bits per heavy atom. The zero-order valence-electron chi connectivity index (χ0n) is 15.0. The maximum absolute atomic E-state index is 13.1. The second-order valence-electron chi connectivity index (χ2n) is 8.19. The molecule has 0 aromatic heterocycles. The van der Waals surface area contributed by atoms with E-state index in [1.807, 2.05) is 36.4 Å². The quantitative estimate of drug-likeness (QED) is 0.832. The molecule has 3 aliphatic rings. The van der Waals surface area contributed by atoms with Gasteiger partial charge >= 0.3 is 0 Å². The van der Waals surface area contributed by atoms with E-state index in [2.05, 4.69) is 4.90 Å². The fourth-order valence-electron chi connectivity index (χ4n) is 5.41. The van der Waals surface area contributed by atoms with Crippen LogP contribution in [0.1, 0.15) is 25.7 Å².